The highest BCUT2D eigenvalue weighted by atomic mass is 32.1. The molecule has 0 radical (unpaired) electrons. The van der Waals surface area contributed by atoms with Crippen molar-refractivity contribution >= 4 is 24.0 Å². The summed E-state index contributed by atoms with van der Waals surface area (Å²) < 4.78 is 2.40. The lowest BCUT2D eigenvalue weighted by atomic mass is 9.91. The summed E-state index contributed by atoms with van der Waals surface area (Å²) in [6.45, 7) is 9.60. The Morgan fingerprint density at radius 3 is 2.62 bits per heavy atom. The van der Waals surface area contributed by atoms with Crippen LogP contribution < -0.4 is 5.32 Å². The number of aromatic nitrogens is 3. The van der Waals surface area contributed by atoms with Gasteiger partial charge < -0.3 is 15.1 Å². The molecule has 2 amide bonds. The molecule has 0 bridgehead atoms. The van der Waals surface area contributed by atoms with Crippen molar-refractivity contribution in [3.8, 4) is 11.4 Å². The number of piperidine rings is 1. The summed E-state index contributed by atoms with van der Waals surface area (Å²) in [5, 5.41) is 10.3. The number of aryl methyl sites for hydroxylation is 1. The van der Waals surface area contributed by atoms with E-state index in [1.165, 1.54) is 0 Å². The van der Waals surface area contributed by atoms with Gasteiger partial charge in [-0.15, -0.1) is 0 Å². The van der Waals surface area contributed by atoms with Crippen molar-refractivity contribution in [3.63, 3.8) is 0 Å². The molecule has 1 saturated heterocycles. The predicted octanol–water partition coefficient (Wildman–Crippen LogP) is 3.25. The number of amides is 2. The van der Waals surface area contributed by atoms with E-state index >= 15 is 0 Å². The molecular formula is C25H38N6O2S. The van der Waals surface area contributed by atoms with E-state index < -0.39 is 0 Å². The molecule has 2 heterocycles. The third-order valence-corrected chi connectivity index (χ3v) is 6.60. The molecule has 0 atom stereocenters. The van der Waals surface area contributed by atoms with Crippen LogP contribution in [0, 0.1) is 23.0 Å². The Kier molecular flexibility index (Phi) is 8.65. The molecule has 0 saturated carbocycles. The molecule has 1 aliphatic heterocycles. The van der Waals surface area contributed by atoms with Crippen LogP contribution in [0.2, 0.25) is 0 Å². The smallest absolute Gasteiger partial charge is 0.224 e. The summed E-state index contributed by atoms with van der Waals surface area (Å²) in [4.78, 5) is 29.6. The number of carbonyl (C=O) groups excluding carboxylic acids is 2. The van der Waals surface area contributed by atoms with Gasteiger partial charge in [0.05, 0.1) is 0 Å². The Balaban J connectivity index is 1.49. The molecule has 1 aromatic carbocycles. The average Bonchev–Trinajstić information content (AvgIpc) is 3.15. The van der Waals surface area contributed by atoms with Gasteiger partial charge in [-0.1, -0.05) is 37.6 Å². The SMILES string of the molecule is Cc1cccc(-c2n[nH]c(=S)n2CCC(=O)N2CCC(C(=O)NCC(C)(C)CN(C)C)CC2)c1. The third-order valence-electron chi connectivity index (χ3n) is 6.29. The second kappa shape index (κ2) is 11.3. The van der Waals surface area contributed by atoms with Crippen LogP contribution in [-0.4, -0.2) is 76.7 Å². The summed E-state index contributed by atoms with van der Waals surface area (Å²) >= 11 is 5.40. The van der Waals surface area contributed by atoms with Gasteiger partial charge in [-0.05, 0) is 57.6 Å². The van der Waals surface area contributed by atoms with Crippen LogP contribution in [0.1, 0.15) is 38.7 Å². The minimum absolute atomic E-state index is 0.0153. The van der Waals surface area contributed by atoms with E-state index in [1.54, 1.807) is 0 Å². The molecule has 1 aromatic heterocycles. The number of rotatable bonds is 9. The lowest BCUT2D eigenvalue weighted by molar-refractivity contribution is -0.135. The van der Waals surface area contributed by atoms with E-state index in [0.717, 1.165) is 23.5 Å². The molecule has 0 spiro atoms. The first-order chi connectivity index (χ1) is 16.1. The fraction of sp³-hybridized carbons (Fsp3) is 0.600. The van der Waals surface area contributed by atoms with Crippen LogP contribution >= 0.6 is 12.2 Å². The van der Waals surface area contributed by atoms with Crippen molar-refractivity contribution in [1.29, 1.82) is 0 Å². The molecule has 8 nitrogen and oxygen atoms in total. The highest BCUT2D eigenvalue weighted by Crippen LogP contribution is 2.21. The van der Waals surface area contributed by atoms with E-state index in [2.05, 4.69) is 40.3 Å². The third kappa shape index (κ3) is 6.99. The maximum absolute atomic E-state index is 12.9. The van der Waals surface area contributed by atoms with Crippen LogP contribution in [0.5, 0.6) is 0 Å². The van der Waals surface area contributed by atoms with Crippen molar-refractivity contribution in [2.24, 2.45) is 11.3 Å². The van der Waals surface area contributed by atoms with Gasteiger partial charge in [-0.2, -0.15) is 5.10 Å². The van der Waals surface area contributed by atoms with E-state index in [1.807, 2.05) is 48.7 Å². The van der Waals surface area contributed by atoms with Gasteiger partial charge in [-0.3, -0.25) is 19.3 Å². The van der Waals surface area contributed by atoms with E-state index in [9.17, 15) is 9.59 Å². The average molecular weight is 487 g/mol. The molecule has 2 N–H and O–H groups in total. The van der Waals surface area contributed by atoms with Crippen LogP contribution in [0.25, 0.3) is 11.4 Å². The molecule has 186 valence electrons. The number of benzene rings is 1. The topological polar surface area (TPSA) is 86.3 Å². The number of H-pyrrole nitrogens is 1. The van der Waals surface area contributed by atoms with Crippen LogP contribution in [0.15, 0.2) is 24.3 Å². The Morgan fingerprint density at radius 1 is 1.26 bits per heavy atom. The van der Waals surface area contributed by atoms with Crippen LogP contribution in [0.4, 0.5) is 0 Å². The highest BCUT2D eigenvalue weighted by molar-refractivity contribution is 7.71. The zero-order valence-corrected chi connectivity index (χ0v) is 21.9. The fourth-order valence-corrected chi connectivity index (χ4v) is 4.89. The molecular weight excluding hydrogens is 448 g/mol. The summed E-state index contributed by atoms with van der Waals surface area (Å²) in [7, 11) is 4.08. The minimum atomic E-state index is -0.0328. The zero-order chi connectivity index (χ0) is 24.9. The molecule has 3 rings (SSSR count). The van der Waals surface area contributed by atoms with Crippen LogP contribution in [-0.2, 0) is 16.1 Å². The van der Waals surface area contributed by atoms with Gasteiger partial charge in [0, 0.05) is 50.6 Å². The number of aromatic amines is 1. The summed E-state index contributed by atoms with van der Waals surface area (Å²) in [5.41, 5.74) is 2.13. The fourth-order valence-electron chi connectivity index (χ4n) is 4.67. The molecule has 0 unspecified atom stereocenters. The van der Waals surface area contributed by atoms with Gasteiger partial charge >= 0.3 is 0 Å². The summed E-state index contributed by atoms with van der Waals surface area (Å²) in [6.07, 6.45) is 1.75. The largest absolute Gasteiger partial charge is 0.355 e. The summed E-state index contributed by atoms with van der Waals surface area (Å²) in [6, 6.07) is 8.07. The Morgan fingerprint density at radius 2 is 1.97 bits per heavy atom. The van der Waals surface area contributed by atoms with Gasteiger partial charge in [0.25, 0.3) is 0 Å². The maximum atomic E-state index is 12.9. The van der Waals surface area contributed by atoms with E-state index in [-0.39, 0.29) is 23.1 Å². The van der Waals surface area contributed by atoms with Gasteiger partial charge in [0.15, 0.2) is 10.6 Å². The van der Waals surface area contributed by atoms with Gasteiger partial charge in [0.1, 0.15) is 0 Å². The summed E-state index contributed by atoms with van der Waals surface area (Å²) in [5.74, 6) is 0.902. The van der Waals surface area contributed by atoms with E-state index in [4.69, 9.17) is 12.2 Å². The van der Waals surface area contributed by atoms with Crippen molar-refractivity contribution < 1.29 is 9.59 Å². The van der Waals surface area contributed by atoms with Crippen molar-refractivity contribution in [3.05, 3.63) is 34.6 Å². The van der Waals surface area contributed by atoms with Crippen LogP contribution in [0.3, 0.4) is 0 Å². The van der Waals surface area contributed by atoms with Crippen molar-refractivity contribution in [1.82, 2.24) is 29.9 Å². The number of likely N-dealkylation sites (tertiary alicyclic amines) is 1. The zero-order valence-electron chi connectivity index (χ0n) is 21.1. The number of nitrogens with one attached hydrogen (secondary N) is 2. The quantitative estimate of drug-likeness (QED) is 0.532. The van der Waals surface area contributed by atoms with E-state index in [0.29, 0.717) is 50.2 Å². The maximum Gasteiger partial charge on any atom is 0.224 e. The molecule has 1 aliphatic rings. The molecule has 2 aromatic rings. The lowest BCUT2D eigenvalue weighted by Crippen LogP contribution is -2.46. The number of nitrogens with zero attached hydrogens (tertiary/aromatic N) is 4. The standard InChI is InChI=1S/C25H38N6O2S/c1-18-7-6-8-20(15-18)22-27-28-24(34)31(22)14-11-21(32)30-12-9-19(10-13-30)23(33)26-16-25(2,3)17-29(4)5/h6-8,15,19H,9-14,16-17H2,1-5H3,(H,26,33)(H,28,34). The van der Waals surface area contributed by atoms with Crippen molar-refractivity contribution in [2.45, 2.75) is 46.6 Å². The molecule has 9 heteroatoms. The minimum Gasteiger partial charge on any atom is -0.355 e. The second-order valence-corrected chi connectivity index (χ2v) is 10.8. The number of hydrogen-bond acceptors (Lipinski definition) is 5. The second-order valence-electron chi connectivity index (χ2n) is 10.4. The number of hydrogen-bond donors (Lipinski definition) is 2. The van der Waals surface area contributed by atoms with Gasteiger partial charge in [0.2, 0.25) is 11.8 Å². The molecule has 0 aliphatic carbocycles. The first-order valence-corrected chi connectivity index (χ1v) is 12.4. The number of carbonyl (C=O) groups is 2. The lowest BCUT2D eigenvalue weighted by Gasteiger charge is -2.33. The molecule has 1 fully saturated rings. The van der Waals surface area contributed by atoms with Crippen molar-refractivity contribution in [2.75, 3.05) is 40.3 Å². The predicted molar refractivity (Wildman–Crippen MR) is 137 cm³/mol. The van der Waals surface area contributed by atoms with Gasteiger partial charge in [-0.25, -0.2) is 0 Å². The first-order valence-electron chi connectivity index (χ1n) is 12.0. The normalized spacial score (nSPS) is 15.1. The molecule has 34 heavy (non-hydrogen) atoms. The Hall–Kier alpha value is -2.52. The Bertz CT molecular complexity index is 1050. The highest BCUT2D eigenvalue weighted by Gasteiger charge is 2.28. The monoisotopic (exact) mass is 486 g/mol. The first kappa shape index (κ1) is 26.1. The Labute approximate surface area is 207 Å².